The number of nitrogens with zero attached hydrogens (tertiary/aromatic N) is 1. The number of amides is 1. The number of halogens is 1. The van der Waals surface area contributed by atoms with E-state index in [1.165, 1.54) is 6.07 Å². The first-order valence-corrected chi connectivity index (χ1v) is 5.71. The van der Waals surface area contributed by atoms with E-state index in [1.54, 1.807) is 0 Å². The molecule has 0 spiro atoms. The minimum absolute atomic E-state index is 0.134. The third-order valence-electron chi connectivity index (χ3n) is 3.08. The minimum atomic E-state index is -0.827. The van der Waals surface area contributed by atoms with E-state index in [4.69, 9.17) is 5.11 Å². The lowest BCUT2D eigenvalue weighted by molar-refractivity contribution is -0.141. The number of pyridine rings is 1. The summed E-state index contributed by atoms with van der Waals surface area (Å²) in [4.78, 5) is 26.2. The molecule has 1 aliphatic carbocycles. The first kappa shape index (κ1) is 12.5. The van der Waals surface area contributed by atoms with Crippen molar-refractivity contribution in [1.29, 1.82) is 0 Å². The van der Waals surface area contributed by atoms with Gasteiger partial charge in [-0.3, -0.25) is 9.59 Å². The van der Waals surface area contributed by atoms with Crippen LogP contribution >= 0.6 is 0 Å². The van der Waals surface area contributed by atoms with E-state index in [0.717, 1.165) is 12.3 Å². The zero-order valence-corrected chi connectivity index (χ0v) is 9.60. The Labute approximate surface area is 103 Å². The molecule has 0 aliphatic heterocycles. The summed E-state index contributed by atoms with van der Waals surface area (Å²) in [7, 11) is 0. The molecular weight excluding hydrogens is 239 g/mol. The molecule has 0 bridgehead atoms. The van der Waals surface area contributed by atoms with E-state index in [-0.39, 0.29) is 11.7 Å². The molecule has 96 valence electrons. The molecule has 5 nitrogen and oxygen atoms in total. The molecule has 2 rings (SSSR count). The van der Waals surface area contributed by atoms with Gasteiger partial charge in [-0.05, 0) is 31.4 Å². The van der Waals surface area contributed by atoms with Crippen molar-refractivity contribution < 1.29 is 19.1 Å². The number of aromatic nitrogens is 1. The maximum atomic E-state index is 12.6. The Morgan fingerprint density at radius 2 is 2.17 bits per heavy atom. The van der Waals surface area contributed by atoms with Gasteiger partial charge in [0.1, 0.15) is 11.5 Å². The van der Waals surface area contributed by atoms with E-state index in [2.05, 4.69) is 10.3 Å². The zero-order valence-electron chi connectivity index (χ0n) is 9.60. The first-order valence-electron chi connectivity index (χ1n) is 5.71. The number of hydrogen-bond donors (Lipinski definition) is 2. The average molecular weight is 252 g/mol. The van der Waals surface area contributed by atoms with E-state index in [9.17, 15) is 14.0 Å². The summed E-state index contributed by atoms with van der Waals surface area (Å²) in [5, 5.41) is 11.6. The van der Waals surface area contributed by atoms with Crippen molar-refractivity contribution in [2.75, 3.05) is 0 Å². The summed E-state index contributed by atoms with van der Waals surface area (Å²) >= 11 is 0. The second kappa shape index (κ2) is 5.12. The topological polar surface area (TPSA) is 79.3 Å². The lowest BCUT2D eigenvalue weighted by atomic mass is 10.1. The zero-order chi connectivity index (χ0) is 13.1. The van der Waals surface area contributed by atoms with Crippen molar-refractivity contribution in [3.8, 4) is 0 Å². The highest BCUT2D eigenvalue weighted by molar-refractivity contribution is 5.92. The second-order valence-electron chi connectivity index (χ2n) is 4.38. The van der Waals surface area contributed by atoms with Gasteiger partial charge in [-0.15, -0.1) is 0 Å². The quantitative estimate of drug-likeness (QED) is 0.847. The standard InChI is InChI=1S/C12H13FN2O3/c13-8-2-4-10(14-6-8)11(16)15-9-3-1-7(5-9)12(17)18/h2,4,6-7,9H,1,3,5H2,(H,15,16)(H,17,18)/t7-,9+/m1/s1. The number of aliphatic carboxylic acids is 1. The largest absolute Gasteiger partial charge is 0.481 e. The summed E-state index contributed by atoms with van der Waals surface area (Å²) < 4.78 is 12.6. The van der Waals surface area contributed by atoms with Gasteiger partial charge in [0.05, 0.1) is 12.1 Å². The average Bonchev–Trinajstić information content (AvgIpc) is 2.78. The Morgan fingerprint density at radius 1 is 1.39 bits per heavy atom. The van der Waals surface area contributed by atoms with Crippen LogP contribution in [-0.4, -0.2) is 28.0 Å². The number of carboxylic acid groups (broad SMARTS) is 1. The van der Waals surface area contributed by atoms with Gasteiger partial charge in [-0.2, -0.15) is 0 Å². The van der Waals surface area contributed by atoms with Crippen LogP contribution in [0, 0.1) is 11.7 Å². The number of carboxylic acids is 1. The number of rotatable bonds is 3. The molecule has 0 unspecified atom stereocenters. The smallest absolute Gasteiger partial charge is 0.306 e. The molecule has 0 saturated heterocycles. The maximum Gasteiger partial charge on any atom is 0.306 e. The summed E-state index contributed by atoms with van der Waals surface area (Å²) in [6.07, 6.45) is 2.62. The Bertz CT molecular complexity index is 461. The molecule has 1 aromatic heterocycles. The van der Waals surface area contributed by atoms with Gasteiger partial charge in [0.25, 0.3) is 5.91 Å². The Kier molecular flexibility index (Phi) is 3.55. The molecule has 6 heteroatoms. The highest BCUT2D eigenvalue weighted by Gasteiger charge is 2.30. The van der Waals surface area contributed by atoms with Crippen LogP contribution in [0.4, 0.5) is 4.39 Å². The second-order valence-corrected chi connectivity index (χ2v) is 4.38. The fourth-order valence-corrected chi connectivity index (χ4v) is 2.11. The lowest BCUT2D eigenvalue weighted by Crippen LogP contribution is -2.33. The summed E-state index contributed by atoms with van der Waals surface area (Å²) in [6.45, 7) is 0. The first-order chi connectivity index (χ1) is 8.56. The minimum Gasteiger partial charge on any atom is -0.481 e. The van der Waals surface area contributed by atoms with Crippen molar-refractivity contribution in [3.05, 3.63) is 29.8 Å². The monoisotopic (exact) mass is 252 g/mol. The SMILES string of the molecule is O=C(N[C@H]1CC[C@@H](C(=O)O)C1)c1ccc(F)cn1. The predicted octanol–water partition coefficient (Wildman–Crippen LogP) is 1.20. The fourth-order valence-electron chi connectivity index (χ4n) is 2.11. The Morgan fingerprint density at radius 3 is 2.72 bits per heavy atom. The van der Waals surface area contributed by atoms with Gasteiger partial charge in [-0.1, -0.05) is 0 Å². The van der Waals surface area contributed by atoms with E-state index in [0.29, 0.717) is 19.3 Å². The molecule has 2 N–H and O–H groups in total. The van der Waals surface area contributed by atoms with Crippen molar-refractivity contribution in [2.24, 2.45) is 5.92 Å². The third-order valence-corrected chi connectivity index (χ3v) is 3.08. The molecule has 18 heavy (non-hydrogen) atoms. The van der Waals surface area contributed by atoms with Gasteiger partial charge in [0.2, 0.25) is 0 Å². The van der Waals surface area contributed by atoms with Crippen LogP contribution in [0.1, 0.15) is 29.8 Å². The van der Waals surface area contributed by atoms with Crippen LogP contribution in [0.3, 0.4) is 0 Å². The molecule has 2 atom stereocenters. The van der Waals surface area contributed by atoms with E-state index < -0.39 is 23.6 Å². The van der Waals surface area contributed by atoms with Crippen LogP contribution in [-0.2, 0) is 4.79 Å². The van der Waals surface area contributed by atoms with Gasteiger partial charge in [0, 0.05) is 6.04 Å². The number of hydrogen-bond acceptors (Lipinski definition) is 3. The van der Waals surface area contributed by atoms with E-state index in [1.807, 2.05) is 0 Å². The van der Waals surface area contributed by atoms with Gasteiger partial charge >= 0.3 is 5.97 Å². The van der Waals surface area contributed by atoms with Crippen LogP contribution in [0.5, 0.6) is 0 Å². The fraction of sp³-hybridized carbons (Fsp3) is 0.417. The van der Waals surface area contributed by atoms with Crippen LogP contribution in [0.25, 0.3) is 0 Å². The molecule has 1 aromatic rings. The van der Waals surface area contributed by atoms with Crippen molar-refractivity contribution in [1.82, 2.24) is 10.3 Å². The summed E-state index contributed by atoms with van der Waals surface area (Å²) in [6, 6.07) is 2.32. The van der Waals surface area contributed by atoms with Crippen molar-refractivity contribution in [3.63, 3.8) is 0 Å². The summed E-state index contributed by atoms with van der Waals surface area (Å²) in [5.41, 5.74) is 0.134. The third kappa shape index (κ3) is 2.82. The summed E-state index contributed by atoms with van der Waals surface area (Å²) in [5.74, 6) is -2.12. The molecule has 1 amide bonds. The van der Waals surface area contributed by atoms with Gasteiger partial charge in [0.15, 0.2) is 0 Å². The molecule has 1 aliphatic rings. The van der Waals surface area contributed by atoms with E-state index >= 15 is 0 Å². The van der Waals surface area contributed by atoms with Crippen molar-refractivity contribution >= 4 is 11.9 Å². The molecule has 1 saturated carbocycles. The lowest BCUT2D eigenvalue weighted by Gasteiger charge is -2.11. The van der Waals surface area contributed by atoms with Gasteiger partial charge < -0.3 is 10.4 Å². The molecule has 1 fully saturated rings. The molecule has 0 radical (unpaired) electrons. The highest BCUT2D eigenvalue weighted by Crippen LogP contribution is 2.25. The predicted molar refractivity (Wildman–Crippen MR) is 60.4 cm³/mol. The van der Waals surface area contributed by atoms with Crippen LogP contribution in [0.2, 0.25) is 0 Å². The molecular formula is C12H13FN2O3. The van der Waals surface area contributed by atoms with Crippen molar-refractivity contribution in [2.45, 2.75) is 25.3 Å². The number of carbonyl (C=O) groups excluding carboxylic acids is 1. The number of nitrogens with one attached hydrogen (secondary N) is 1. The Balaban J connectivity index is 1.92. The Hall–Kier alpha value is -1.98. The van der Waals surface area contributed by atoms with Gasteiger partial charge in [-0.25, -0.2) is 9.37 Å². The highest BCUT2D eigenvalue weighted by atomic mass is 19.1. The number of carbonyl (C=O) groups is 2. The van der Waals surface area contributed by atoms with Crippen LogP contribution < -0.4 is 5.32 Å². The normalized spacial score (nSPS) is 22.7. The molecule has 0 aromatic carbocycles. The van der Waals surface area contributed by atoms with Crippen LogP contribution in [0.15, 0.2) is 18.3 Å². The maximum absolute atomic E-state index is 12.6. The molecule has 1 heterocycles.